The van der Waals surface area contributed by atoms with E-state index in [1.54, 1.807) is 45.8 Å². The normalized spacial score (nSPS) is 15.9. The molecule has 0 aliphatic carbocycles. The number of hydrogen-bond donors (Lipinski definition) is 4. The van der Waals surface area contributed by atoms with Crippen LogP contribution in [0.2, 0.25) is 0 Å². The minimum atomic E-state index is -0.623. The number of amides is 4. The van der Waals surface area contributed by atoms with Crippen LogP contribution in [0, 0.1) is 13.8 Å². The summed E-state index contributed by atoms with van der Waals surface area (Å²) >= 11 is 0. The van der Waals surface area contributed by atoms with E-state index in [1.165, 1.54) is 0 Å². The van der Waals surface area contributed by atoms with E-state index in [-0.39, 0.29) is 48.2 Å². The molecule has 0 saturated carbocycles. The number of primary amides is 2. The molecule has 0 saturated heterocycles. The first-order valence-corrected chi connectivity index (χ1v) is 18.3. The van der Waals surface area contributed by atoms with Gasteiger partial charge in [-0.25, -0.2) is 9.97 Å². The van der Waals surface area contributed by atoms with Crippen LogP contribution in [-0.4, -0.2) is 75.5 Å². The zero-order valence-corrected chi connectivity index (χ0v) is 31.2. The number of rotatable bonds is 12. The standard InChI is InChI=1S/C38H40N12O6/c1-5-47-27(11-19(3)45-47)35(53)43-37-41-25-13-21(33(39)51)15-29-31(25)49(37)23(17-55-29)9-7-8-10-24-18-56-30-16-22(34(40)52)14-26-32(30)50(24)38(42-26)44-36(54)28-12-20(4)46-48(28)6-2/h7-8,11-16,23-24H,5-6,9-10,17-18H2,1-4H3,(H2,39,51)(H2,40,52)(H,41,43,53)(H,42,44,54)/t23-,24-/m1/s1. The van der Waals surface area contributed by atoms with Gasteiger partial charge in [0.15, 0.2) is 0 Å². The number of aromatic nitrogens is 8. The maximum atomic E-state index is 13.6. The topological polar surface area (TPSA) is 234 Å². The molecule has 6 aromatic rings. The fourth-order valence-electron chi connectivity index (χ4n) is 7.43. The second-order valence-electron chi connectivity index (χ2n) is 13.8. The molecule has 4 aromatic heterocycles. The molecule has 2 atom stereocenters. The number of imidazole rings is 2. The summed E-state index contributed by atoms with van der Waals surface area (Å²) in [5.41, 5.74) is 16.1. The molecule has 0 radical (unpaired) electrons. The molecule has 4 amide bonds. The number of allylic oxidation sites excluding steroid dienone is 2. The van der Waals surface area contributed by atoms with Crippen molar-refractivity contribution < 1.29 is 28.7 Å². The molecular formula is C38H40N12O6. The lowest BCUT2D eigenvalue weighted by Gasteiger charge is -2.27. The summed E-state index contributed by atoms with van der Waals surface area (Å²) in [7, 11) is 0. The third-order valence-electron chi connectivity index (χ3n) is 9.96. The molecule has 0 fully saturated rings. The summed E-state index contributed by atoms with van der Waals surface area (Å²) in [5, 5.41) is 14.7. The number of hydrogen-bond acceptors (Lipinski definition) is 10. The molecule has 56 heavy (non-hydrogen) atoms. The SMILES string of the molecule is CCn1nc(C)cc1C(=O)Nc1nc2cc(C(N)=O)cc3c2n1[C@H](CC=CC[C@@H]1COc2cc(C(N)=O)cc4nc(NC(=O)c5cc(C)nn5CC)n1c24)CO3. The van der Waals surface area contributed by atoms with Gasteiger partial charge in [0.25, 0.3) is 11.8 Å². The smallest absolute Gasteiger partial charge is 0.276 e. The average Bonchev–Trinajstić information content (AvgIpc) is 3.95. The van der Waals surface area contributed by atoms with E-state index in [2.05, 4.69) is 20.8 Å². The summed E-state index contributed by atoms with van der Waals surface area (Å²) in [6.07, 6.45) is 5.02. The van der Waals surface area contributed by atoms with E-state index in [4.69, 9.17) is 30.9 Å². The predicted octanol–water partition coefficient (Wildman–Crippen LogP) is 4.04. The van der Waals surface area contributed by atoms with Gasteiger partial charge >= 0.3 is 0 Å². The van der Waals surface area contributed by atoms with Gasteiger partial charge in [-0.1, -0.05) is 12.2 Å². The lowest BCUT2D eigenvalue weighted by Crippen LogP contribution is -2.26. The van der Waals surface area contributed by atoms with Crippen molar-refractivity contribution in [2.75, 3.05) is 23.8 Å². The molecule has 288 valence electrons. The van der Waals surface area contributed by atoms with Crippen LogP contribution in [0.25, 0.3) is 22.1 Å². The van der Waals surface area contributed by atoms with Crippen LogP contribution < -0.4 is 31.6 Å². The van der Waals surface area contributed by atoms with Crippen molar-refractivity contribution in [1.29, 1.82) is 0 Å². The largest absolute Gasteiger partial charge is 0.489 e. The van der Waals surface area contributed by atoms with Crippen LogP contribution in [0.4, 0.5) is 11.9 Å². The number of nitrogens with zero attached hydrogens (tertiary/aromatic N) is 8. The van der Waals surface area contributed by atoms with E-state index in [9.17, 15) is 19.2 Å². The van der Waals surface area contributed by atoms with Gasteiger partial charge in [0.2, 0.25) is 23.7 Å². The lowest BCUT2D eigenvalue weighted by molar-refractivity contribution is 0.0991. The monoisotopic (exact) mass is 760 g/mol. The fraction of sp³-hybridized carbons (Fsp3) is 0.316. The molecule has 0 bridgehead atoms. The lowest BCUT2D eigenvalue weighted by atomic mass is 10.1. The Morgan fingerprint density at radius 2 is 1.11 bits per heavy atom. The second-order valence-corrected chi connectivity index (χ2v) is 13.8. The highest BCUT2D eigenvalue weighted by molar-refractivity contribution is 6.05. The molecular weight excluding hydrogens is 720 g/mol. The van der Waals surface area contributed by atoms with Gasteiger partial charge in [0, 0.05) is 24.2 Å². The number of ether oxygens (including phenoxy) is 2. The molecule has 0 spiro atoms. The number of anilines is 2. The Hall–Kier alpha value is -6.98. The number of nitrogens with one attached hydrogen (secondary N) is 2. The zero-order valence-electron chi connectivity index (χ0n) is 31.2. The first-order valence-electron chi connectivity index (χ1n) is 18.3. The molecule has 18 heteroatoms. The van der Waals surface area contributed by atoms with E-state index >= 15 is 0 Å². The molecule has 2 aromatic carbocycles. The highest BCUT2D eigenvalue weighted by Crippen LogP contribution is 2.40. The third kappa shape index (κ3) is 6.27. The Labute approximate surface area is 319 Å². The number of benzene rings is 2. The van der Waals surface area contributed by atoms with Gasteiger partial charge in [0.05, 0.1) is 34.5 Å². The van der Waals surface area contributed by atoms with E-state index in [0.717, 1.165) is 0 Å². The molecule has 2 aliphatic rings. The van der Waals surface area contributed by atoms with Crippen LogP contribution >= 0.6 is 0 Å². The van der Waals surface area contributed by atoms with Crippen LogP contribution in [0.5, 0.6) is 11.5 Å². The summed E-state index contributed by atoms with van der Waals surface area (Å²) in [5.74, 6) is -0.528. The molecule has 6 heterocycles. The second kappa shape index (κ2) is 14.0. The van der Waals surface area contributed by atoms with E-state index in [0.29, 0.717) is 94.2 Å². The quantitative estimate of drug-likeness (QED) is 0.131. The first-order chi connectivity index (χ1) is 26.9. The molecule has 8 rings (SSSR count). The Morgan fingerprint density at radius 1 is 0.696 bits per heavy atom. The number of aryl methyl sites for hydroxylation is 4. The highest BCUT2D eigenvalue weighted by atomic mass is 16.5. The average molecular weight is 761 g/mol. The number of nitrogens with two attached hydrogens (primary N) is 2. The predicted molar refractivity (Wildman–Crippen MR) is 205 cm³/mol. The minimum absolute atomic E-state index is 0.230. The van der Waals surface area contributed by atoms with Gasteiger partial charge in [-0.05, 0) is 76.9 Å². The van der Waals surface area contributed by atoms with Crippen LogP contribution in [-0.2, 0) is 13.1 Å². The molecule has 2 aliphatic heterocycles. The van der Waals surface area contributed by atoms with Gasteiger partial charge in [-0.2, -0.15) is 10.2 Å². The van der Waals surface area contributed by atoms with Gasteiger partial charge in [-0.15, -0.1) is 0 Å². The van der Waals surface area contributed by atoms with Gasteiger partial charge in [-0.3, -0.25) is 48.3 Å². The van der Waals surface area contributed by atoms with Crippen molar-refractivity contribution in [2.24, 2.45) is 11.5 Å². The maximum Gasteiger partial charge on any atom is 0.276 e. The molecule has 6 N–H and O–H groups in total. The fourth-order valence-corrected chi connectivity index (χ4v) is 7.43. The summed E-state index contributed by atoms with van der Waals surface area (Å²) in [4.78, 5) is 60.8. The summed E-state index contributed by atoms with van der Waals surface area (Å²) in [6, 6.07) is 9.21. The van der Waals surface area contributed by atoms with Crippen LogP contribution in [0.3, 0.4) is 0 Å². The maximum absolute atomic E-state index is 13.6. The van der Waals surface area contributed by atoms with Crippen molar-refractivity contribution in [3.05, 3.63) is 82.5 Å². The summed E-state index contributed by atoms with van der Waals surface area (Å²) < 4.78 is 19.4. The third-order valence-corrected chi connectivity index (χ3v) is 9.96. The Morgan fingerprint density at radius 3 is 1.48 bits per heavy atom. The van der Waals surface area contributed by atoms with Crippen molar-refractivity contribution in [2.45, 2.75) is 65.7 Å². The first kappa shape index (κ1) is 36.0. The van der Waals surface area contributed by atoms with Crippen molar-refractivity contribution in [3.63, 3.8) is 0 Å². The van der Waals surface area contributed by atoms with E-state index < -0.39 is 11.8 Å². The van der Waals surface area contributed by atoms with Crippen LogP contribution in [0.15, 0.2) is 48.6 Å². The molecule has 18 nitrogen and oxygen atoms in total. The van der Waals surface area contributed by atoms with Gasteiger partial charge < -0.3 is 20.9 Å². The van der Waals surface area contributed by atoms with Crippen molar-refractivity contribution in [1.82, 2.24) is 38.7 Å². The number of carbonyl (C=O) groups excluding carboxylic acids is 4. The Kier molecular flexibility index (Phi) is 9.02. The Balaban J connectivity index is 1.08. The zero-order chi connectivity index (χ0) is 39.4. The number of carbonyl (C=O) groups is 4. The summed E-state index contributed by atoms with van der Waals surface area (Å²) in [6.45, 7) is 8.93. The van der Waals surface area contributed by atoms with Crippen molar-refractivity contribution in [3.8, 4) is 11.5 Å². The van der Waals surface area contributed by atoms with Crippen molar-refractivity contribution >= 4 is 57.6 Å². The minimum Gasteiger partial charge on any atom is -0.489 e. The Bertz CT molecular complexity index is 2450. The van der Waals surface area contributed by atoms with E-state index in [1.807, 2.05) is 49.0 Å². The van der Waals surface area contributed by atoms with Crippen LogP contribution in [0.1, 0.15) is 91.9 Å². The highest BCUT2D eigenvalue weighted by Gasteiger charge is 2.31. The molecule has 0 unspecified atom stereocenters. The van der Waals surface area contributed by atoms with Gasteiger partial charge in [0.1, 0.15) is 47.1 Å².